The molecule has 0 aliphatic carbocycles. The molecule has 20 heavy (non-hydrogen) atoms. The Kier molecular flexibility index (Phi) is 5.36. The van der Waals surface area contributed by atoms with Crippen LogP contribution in [0.4, 0.5) is 0 Å². The summed E-state index contributed by atoms with van der Waals surface area (Å²) in [5.74, 6) is 0.634. The Morgan fingerprint density at radius 3 is 2.75 bits per heavy atom. The van der Waals surface area contributed by atoms with Crippen molar-refractivity contribution in [2.45, 2.75) is 17.9 Å². The maximum Gasteiger partial charge on any atom is 0.240 e. The fourth-order valence-corrected chi connectivity index (χ4v) is 2.95. The number of hydrogen-bond donors (Lipinski definition) is 2. The molecule has 7 heteroatoms. The van der Waals surface area contributed by atoms with Gasteiger partial charge in [0.2, 0.25) is 10.0 Å². The Balaban J connectivity index is 1.91. The Bertz CT molecular complexity index is 510. The number of benzene rings is 1. The molecule has 0 aromatic heterocycles. The second-order valence-electron chi connectivity index (χ2n) is 4.48. The monoisotopic (exact) mass is 300 g/mol. The summed E-state index contributed by atoms with van der Waals surface area (Å²) in [6.45, 7) is 4.89. The summed E-state index contributed by atoms with van der Waals surface area (Å²) in [6.07, 6.45) is 0.0360. The lowest BCUT2D eigenvalue weighted by atomic mass is 10.3. The molecule has 0 radical (unpaired) electrons. The zero-order valence-electron chi connectivity index (χ0n) is 11.5. The SMILES string of the molecule is CCNS(=O)(=O)c1ccc(OCC2CNCCO2)cc1. The number of nitrogens with one attached hydrogen (secondary N) is 2. The van der Waals surface area contributed by atoms with Crippen LogP contribution in [0.5, 0.6) is 5.75 Å². The van der Waals surface area contributed by atoms with Crippen LogP contribution in [0, 0.1) is 0 Å². The Hall–Kier alpha value is -1.15. The van der Waals surface area contributed by atoms with Crippen LogP contribution in [-0.2, 0) is 14.8 Å². The molecular weight excluding hydrogens is 280 g/mol. The third-order valence-corrected chi connectivity index (χ3v) is 4.47. The van der Waals surface area contributed by atoms with Crippen LogP contribution in [0.1, 0.15) is 6.92 Å². The fraction of sp³-hybridized carbons (Fsp3) is 0.538. The maximum absolute atomic E-state index is 11.8. The van der Waals surface area contributed by atoms with Gasteiger partial charge in [-0.2, -0.15) is 0 Å². The predicted molar refractivity (Wildman–Crippen MR) is 75.4 cm³/mol. The first-order chi connectivity index (χ1) is 9.62. The third-order valence-electron chi connectivity index (χ3n) is 2.91. The maximum atomic E-state index is 11.8. The Morgan fingerprint density at radius 1 is 1.40 bits per heavy atom. The standard InChI is InChI=1S/C13H20N2O4S/c1-2-15-20(16,17)13-5-3-11(4-6-13)19-10-12-9-14-7-8-18-12/h3-6,12,14-15H,2,7-10H2,1H3. The minimum absolute atomic E-state index is 0.0360. The van der Waals surface area contributed by atoms with Gasteiger partial charge in [0.25, 0.3) is 0 Å². The van der Waals surface area contributed by atoms with E-state index in [1.807, 2.05) is 0 Å². The lowest BCUT2D eigenvalue weighted by Gasteiger charge is -2.23. The van der Waals surface area contributed by atoms with Gasteiger partial charge in [0.15, 0.2) is 0 Å². The van der Waals surface area contributed by atoms with Crippen molar-refractivity contribution in [2.24, 2.45) is 0 Å². The summed E-state index contributed by atoms with van der Waals surface area (Å²) in [5.41, 5.74) is 0. The molecule has 1 unspecified atom stereocenters. The molecule has 1 aliphatic heterocycles. The van der Waals surface area contributed by atoms with Crippen molar-refractivity contribution in [2.75, 3.05) is 32.8 Å². The van der Waals surface area contributed by atoms with Gasteiger partial charge in [-0.3, -0.25) is 0 Å². The molecule has 2 N–H and O–H groups in total. The van der Waals surface area contributed by atoms with Crippen molar-refractivity contribution in [3.8, 4) is 5.75 Å². The molecule has 1 aromatic carbocycles. The van der Waals surface area contributed by atoms with Crippen LogP contribution in [0.25, 0.3) is 0 Å². The van der Waals surface area contributed by atoms with Crippen LogP contribution in [0.15, 0.2) is 29.2 Å². The number of rotatable bonds is 6. The summed E-state index contributed by atoms with van der Waals surface area (Å²) in [4.78, 5) is 0.238. The van der Waals surface area contributed by atoms with Crippen molar-refractivity contribution in [1.29, 1.82) is 0 Å². The van der Waals surface area contributed by atoms with Crippen LogP contribution >= 0.6 is 0 Å². The van der Waals surface area contributed by atoms with Gasteiger partial charge in [-0.1, -0.05) is 6.92 Å². The van der Waals surface area contributed by atoms with E-state index >= 15 is 0 Å². The number of ether oxygens (including phenoxy) is 2. The average molecular weight is 300 g/mol. The molecule has 0 amide bonds. The highest BCUT2D eigenvalue weighted by atomic mass is 32.2. The highest BCUT2D eigenvalue weighted by Gasteiger charge is 2.15. The minimum atomic E-state index is -3.40. The molecule has 0 spiro atoms. The highest BCUT2D eigenvalue weighted by Crippen LogP contribution is 2.16. The summed E-state index contributed by atoms with van der Waals surface area (Å²) >= 11 is 0. The molecular formula is C13H20N2O4S. The smallest absolute Gasteiger partial charge is 0.240 e. The molecule has 6 nitrogen and oxygen atoms in total. The molecule has 2 rings (SSSR count). The van der Waals surface area contributed by atoms with E-state index < -0.39 is 10.0 Å². The van der Waals surface area contributed by atoms with Gasteiger partial charge in [-0.25, -0.2) is 13.1 Å². The van der Waals surface area contributed by atoms with E-state index in [1.54, 1.807) is 19.1 Å². The van der Waals surface area contributed by atoms with Gasteiger partial charge in [0.05, 0.1) is 11.5 Å². The summed E-state index contributed by atoms with van der Waals surface area (Å²) in [6, 6.07) is 6.38. The predicted octanol–water partition coefficient (Wildman–Crippen LogP) is 0.352. The first-order valence-corrected chi connectivity index (χ1v) is 8.15. The van der Waals surface area contributed by atoms with Crippen molar-refractivity contribution >= 4 is 10.0 Å². The van der Waals surface area contributed by atoms with Crippen molar-refractivity contribution in [3.63, 3.8) is 0 Å². The molecule has 0 saturated carbocycles. The van der Waals surface area contributed by atoms with Gasteiger partial charge < -0.3 is 14.8 Å². The Morgan fingerprint density at radius 2 is 2.15 bits per heavy atom. The molecule has 0 bridgehead atoms. The molecule has 1 aliphatic rings. The van der Waals surface area contributed by atoms with Gasteiger partial charge in [-0.05, 0) is 24.3 Å². The van der Waals surface area contributed by atoms with Gasteiger partial charge >= 0.3 is 0 Å². The largest absolute Gasteiger partial charge is 0.491 e. The first kappa shape index (κ1) is 15.2. The number of sulfonamides is 1. The quantitative estimate of drug-likeness (QED) is 0.793. The van der Waals surface area contributed by atoms with Crippen LogP contribution in [-0.4, -0.2) is 47.4 Å². The Labute approximate surface area is 119 Å². The summed E-state index contributed by atoms with van der Waals surface area (Å²) in [5, 5.41) is 3.22. The second-order valence-corrected chi connectivity index (χ2v) is 6.25. The second kappa shape index (κ2) is 7.03. The average Bonchev–Trinajstić information content (AvgIpc) is 2.47. The van der Waals surface area contributed by atoms with Gasteiger partial charge in [0.1, 0.15) is 18.5 Å². The molecule has 1 atom stereocenters. The summed E-state index contributed by atoms with van der Waals surface area (Å²) in [7, 11) is -3.40. The summed E-state index contributed by atoms with van der Waals surface area (Å²) < 4.78 is 37.1. The van der Waals surface area contributed by atoms with Crippen molar-refractivity contribution in [1.82, 2.24) is 10.0 Å². The zero-order chi connectivity index (χ0) is 14.4. The van der Waals surface area contributed by atoms with Crippen LogP contribution in [0.3, 0.4) is 0 Å². The number of hydrogen-bond acceptors (Lipinski definition) is 5. The lowest BCUT2D eigenvalue weighted by Crippen LogP contribution is -2.41. The normalized spacial score (nSPS) is 19.8. The van der Waals surface area contributed by atoms with E-state index in [0.29, 0.717) is 25.5 Å². The minimum Gasteiger partial charge on any atom is -0.491 e. The molecule has 112 valence electrons. The van der Waals surface area contributed by atoms with E-state index in [9.17, 15) is 8.42 Å². The third kappa shape index (κ3) is 4.17. The van der Waals surface area contributed by atoms with Crippen LogP contribution in [0.2, 0.25) is 0 Å². The van der Waals surface area contributed by atoms with E-state index in [1.165, 1.54) is 12.1 Å². The van der Waals surface area contributed by atoms with E-state index in [2.05, 4.69) is 10.0 Å². The molecule has 1 heterocycles. The van der Waals surface area contributed by atoms with Gasteiger partial charge in [-0.15, -0.1) is 0 Å². The fourth-order valence-electron chi connectivity index (χ4n) is 1.90. The van der Waals surface area contributed by atoms with E-state index in [4.69, 9.17) is 9.47 Å². The molecule has 1 saturated heterocycles. The zero-order valence-corrected chi connectivity index (χ0v) is 12.3. The molecule has 1 fully saturated rings. The lowest BCUT2D eigenvalue weighted by molar-refractivity contribution is 0.000185. The number of morpholine rings is 1. The topological polar surface area (TPSA) is 76.7 Å². The van der Waals surface area contributed by atoms with Crippen LogP contribution < -0.4 is 14.8 Å². The first-order valence-electron chi connectivity index (χ1n) is 6.66. The van der Waals surface area contributed by atoms with Crippen molar-refractivity contribution in [3.05, 3.63) is 24.3 Å². The van der Waals surface area contributed by atoms with E-state index in [-0.39, 0.29) is 11.0 Å². The highest BCUT2D eigenvalue weighted by molar-refractivity contribution is 7.89. The van der Waals surface area contributed by atoms with E-state index in [0.717, 1.165) is 13.1 Å². The molecule has 1 aromatic rings. The van der Waals surface area contributed by atoms with Crippen molar-refractivity contribution < 1.29 is 17.9 Å². The van der Waals surface area contributed by atoms with Gasteiger partial charge in [0, 0.05) is 19.6 Å².